The van der Waals surface area contributed by atoms with Gasteiger partial charge in [-0.3, -0.25) is 0 Å². The first-order chi connectivity index (χ1) is 10.8. The standard InChI is InChI=1S/C12H22O11/c13-1-3-5(15)7(17)8(18)12(22-3)23-10-6(16)4(2-14)21-11(20)9(10)19/h3-20H,1-2H2/t3?,4?,5-,6-,7?,8+,9?,10?,11?,12+/m1/s1. The number of ether oxygens (including phenoxy) is 3. The van der Waals surface area contributed by atoms with Crippen LogP contribution in [0.25, 0.3) is 0 Å². The van der Waals surface area contributed by atoms with Crippen LogP contribution in [0.4, 0.5) is 0 Å². The van der Waals surface area contributed by atoms with E-state index < -0.39 is 74.6 Å². The molecule has 2 saturated heterocycles. The fraction of sp³-hybridized carbons (Fsp3) is 1.00. The first kappa shape index (κ1) is 18.9. The van der Waals surface area contributed by atoms with E-state index in [-0.39, 0.29) is 0 Å². The highest BCUT2D eigenvalue weighted by Gasteiger charge is 2.50. The molecule has 0 aliphatic carbocycles. The lowest BCUT2D eigenvalue weighted by atomic mass is 9.97. The highest BCUT2D eigenvalue weighted by atomic mass is 16.7. The van der Waals surface area contributed by atoms with Crippen molar-refractivity contribution in [2.24, 2.45) is 0 Å². The number of hydrogen-bond donors (Lipinski definition) is 8. The summed E-state index contributed by atoms with van der Waals surface area (Å²) >= 11 is 0. The predicted molar refractivity (Wildman–Crippen MR) is 68.6 cm³/mol. The molecule has 2 rings (SSSR count). The second-order valence-corrected chi connectivity index (χ2v) is 5.53. The zero-order valence-electron chi connectivity index (χ0n) is 12.0. The molecule has 136 valence electrons. The molecule has 2 aliphatic heterocycles. The number of aliphatic hydroxyl groups is 8. The van der Waals surface area contributed by atoms with Gasteiger partial charge in [0.1, 0.15) is 48.8 Å². The Hall–Kier alpha value is -0.440. The molecule has 0 spiro atoms. The largest absolute Gasteiger partial charge is 0.394 e. The molecule has 2 heterocycles. The SMILES string of the molecule is OCC1OC(O)C(O)C(O[C@@H]2OC(CO)[C@@H](O)C(O)[C@@H]2O)[C@@H]1O. The van der Waals surface area contributed by atoms with Crippen LogP contribution in [0.5, 0.6) is 0 Å². The molecule has 0 aromatic heterocycles. The van der Waals surface area contributed by atoms with E-state index in [0.717, 1.165) is 0 Å². The van der Waals surface area contributed by atoms with Crippen molar-refractivity contribution >= 4 is 0 Å². The lowest BCUT2D eigenvalue weighted by molar-refractivity contribution is -0.355. The van der Waals surface area contributed by atoms with Gasteiger partial charge in [-0.05, 0) is 0 Å². The maximum Gasteiger partial charge on any atom is 0.187 e. The highest BCUT2D eigenvalue weighted by molar-refractivity contribution is 4.93. The van der Waals surface area contributed by atoms with Gasteiger partial charge in [0.25, 0.3) is 0 Å². The molecule has 0 radical (unpaired) electrons. The van der Waals surface area contributed by atoms with Crippen molar-refractivity contribution in [1.29, 1.82) is 0 Å². The third-order valence-corrected chi connectivity index (χ3v) is 3.98. The van der Waals surface area contributed by atoms with E-state index in [1.807, 2.05) is 0 Å². The minimum absolute atomic E-state index is 0.667. The summed E-state index contributed by atoms with van der Waals surface area (Å²) < 4.78 is 15.1. The van der Waals surface area contributed by atoms with Gasteiger partial charge in [0.05, 0.1) is 13.2 Å². The van der Waals surface area contributed by atoms with Gasteiger partial charge in [0.2, 0.25) is 0 Å². The molecular formula is C12H22O11. The van der Waals surface area contributed by atoms with Crippen LogP contribution in [0.3, 0.4) is 0 Å². The van der Waals surface area contributed by atoms with Crippen LogP contribution in [0.15, 0.2) is 0 Å². The molecule has 23 heavy (non-hydrogen) atoms. The Bertz CT molecular complexity index is 380. The van der Waals surface area contributed by atoms with Gasteiger partial charge < -0.3 is 55.1 Å². The molecule has 0 bridgehead atoms. The van der Waals surface area contributed by atoms with Crippen LogP contribution in [0.2, 0.25) is 0 Å². The molecule has 2 fully saturated rings. The zero-order valence-corrected chi connectivity index (χ0v) is 12.0. The van der Waals surface area contributed by atoms with Crippen LogP contribution in [-0.2, 0) is 14.2 Å². The van der Waals surface area contributed by atoms with Gasteiger partial charge in [0.15, 0.2) is 12.6 Å². The van der Waals surface area contributed by atoms with Crippen LogP contribution in [0.1, 0.15) is 0 Å². The number of aliphatic hydroxyl groups excluding tert-OH is 8. The second kappa shape index (κ2) is 7.63. The third kappa shape index (κ3) is 3.65. The molecule has 11 nitrogen and oxygen atoms in total. The van der Waals surface area contributed by atoms with E-state index in [9.17, 15) is 30.6 Å². The van der Waals surface area contributed by atoms with Gasteiger partial charge in [-0.25, -0.2) is 0 Å². The summed E-state index contributed by atoms with van der Waals surface area (Å²) in [4.78, 5) is 0. The summed E-state index contributed by atoms with van der Waals surface area (Å²) in [7, 11) is 0. The average Bonchev–Trinajstić information content (AvgIpc) is 2.54. The summed E-state index contributed by atoms with van der Waals surface area (Å²) in [6.45, 7) is -1.34. The van der Waals surface area contributed by atoms with E-state index in [0.29, 0.717) is 0 Å². The molecule has 11 heteroatoms. The van der Waals surface area contributed by atoms with E-state index in [2.05, 4.69) is 0 Å². The minimum Gasteiger partial charge on any atom is -0.394 e. The Labute approximate surface area is 130 Å². The molecule has 0 aromatic rings. The minimum atomic E-state index is -1.76. The molecule has 0 saturated carbocycles. The number of rotatable bonds is 4. The lowest BCUT2D eigenvalue weighted by Gasteiger charge is -2.45. The summed E-state index contributed by atoms with van der Waals surface area (Å²) in [6, 6.07) is 0. The van der Waals surface area contributed by atoms with Crippen LogP contribution in [0, 0.1) is 0 Å². The third-order valence-electron chi connectivity index (χ3n) is 3.98. The van der Waals surface area contributed by atoms with Crippen molar-refractivity contribution in [3.8, 4) is 0 Å². The Balaban J connectivity index is 2.11. The fourth-order valence-electron chi connectivity index (χ4n) is 2.56. The summed E-state index contributed by atoms with van der Waals surface area (Å²) in [5.41, 5.74) is 0. The highest BCUT2D eigenvalue weighted by Crippen LogP contribution is 2.28. The van der Waals surface area contributed by atoms with Crippen molar-refractivity contribution in [2.45, 2.75) is 61.4 Å². The van der Waals surface area contributed by atoms with Gasteiger partial charge in [-0.1, -0.05) is 0 Å². The first-order valence-electron chi connectivity index (χ1n) is 7.08. The van der Waals surface area contributed by atoms with E-state index >= 15 is 0 Å². The maximum atomic E-state index is 10.00. The van der Waals surface area contributed by atoms with Gasteiger partial charge >= 0.3 is 0 Å². The summed E-state index contributed by atoms with van der Waals surface area (Å²) in [5.74, 6) is 0. The van der Waals surface area contributed by atoms with E-state index in [1.54, 1.807) is 0 Å². The topological polar surface area (TPSA) is 190 Å². The van der Waals surface area contributed by atoms with Crippen molar-refractivity contribution in [2.75, 3.05) is 13.2 Å². The first-order valence-corrected chi connectivity index (χ1v) is 7.08. The summed E-state index contributed by atoms with van der Waals surface area (Å²) in [5, 5.41) is 76.8. The number of hydrogen-bond acceptors (Lipinski definition) is 11. The van der Waals surface area contributed by atoms with Crippen molar-refractivity contribution in [3.63, 3.8) is 0 Å². The Morgan fingerprint density at radius 2 is 1.22 bits per heavy atom. The normalized spacial score (nSPS) is 51.7. The van der Waals surface area contributed by atoms with E-state index in [1.165, 1.54) is 0 Å². The second-order valence-electron chi connectivity index (χ2n) is 5.53. The van der Waals surface area contributed by atoms with Crippen LogP contribution in [-0.4, -0.2) is 115 Å². The molecule has 10 atom stereocenters. The smallest absolute Gasteiger partial charge is 0.187 e. The predicted octanol–water partition coefficient (Wildman–Crippen LogP) is -5.40. The van der Waals surface area contributed by atoms with Crippen LogP contribution < -0.4 is 0 Å². The molecule has 2 aliphatic rings. The Kier molecular flexibility index (Phi) is 6.27. The van der Waals surface area contributed by atoms with Crippen LogP contribution >= 0.6 is 0 Å². The molecular weight excluding hydrogens is 320 g/mol. The van der Waals surface area contributed by atoms with Gasteiger partial charge in [-0.15, -0.1) is 0 Å². The quantitative estimate of drug-likeness (QED) is 0.243. The van der Waals surface area contributed by atoms with Crippen molar-refractivity contribution in [1.82, 2.24) is 0 Å². The molecule has 0 aromatic carbocycles. The van der Waals surface area contributed by atoms with Gasteiger partial charge in [0, 0.05) is 0 Å². The average molecular weight is 342 g/mol. The molecule has 6 unspecified atom stereocenters. The Morgan fingerprint density at radius 3 is 1.78 bits per heavy atom. The van der Waals surface area contributed by atoms with E-state index in [4.69, 9.17) is 24.4 Å². The van der Waals surface area contributed by atoms with Crippen molar-refractivity contribution in [3.05, 3.63) is 0 Å². The molecule has 0 amide bonds. The maximum absolute atomic E-state index is 10.00. The van der Waals surface area contributed by atoms with Crippen molar-refractivity contribution < 1.29 is 55.1 Å². The Morgan fingerprint density at radius 1 is 0.652 bits per heavy atom. The van der Waals surface area contributed by atoms with Gasteiger partial charge in [-0.2, -0.15) is 0 Å². The summed E-state index contributed by atoms with van der Waals surface area (Å²) in [6.07, 6.45) is -15.7. The molecule has 8 N–H and O–H groups in total. The zero-order chi connectivity index (χ0) is 17.3. The monoisotopic (exact) mass is 342 g/mol. The fourth-order valence-corrected chi connectivity index (χ4v) is 2.56. The lowest BCUT2D eigenvalue weighted by Crippen LogP contribution is -2.64.